The van der Waals surface area contributed by atoms with Crippen molar-refractivity contribution in [2.75, 3.05) is 19.4 Å². The van der Waals surface area contributed by atoms with E-state index < -0.39 is 22.2 Å². The molecular weight excluding hydrogens is 350 g/mol. The minimum Gasteiger partial charge on any atom is -0.483 e. The summed E-state index contributed by atoms with van der Waals surface area (Å²) in [6.07, 6.45) is 2.34. The summed E-state index contributed by atoms with van der Waals surface area (Å²) in [5, 5.41) is 0. The molecule has 0 aliphatic heterocycles. The Balaban J connectivity index is 0.000000561. The van der Waals surface area contributed by atoms with Crippen LogP contribution >= 0.6 is 16.1 Å². The highest BCUT2D eigenvalue weighted by Gasteiger charge is 2.22. The molecule has 3 atom stereocenters. The Morgan fingerprint density at radius 2 is 1.92 bits per heavy atom. The van der Waals surface area contributed by atoms with Crippen molar-refractivity contribution < 1.29 is 28.1 Å². The molecule has 0 radical (unpaired) electrons. The largest absolute Gasteiger partial charge is 0.494 e. The molecule has 0 spiro atoms. The Morgan fingerprint density at radius 1 is 1.29 bits per heavy atom. The highest BCUT2D eigenvalue weighted by molar-refractivity contribution is 7.58. The summed E-state index contributed by atoms with van der Waals surface area (Å²) in [6.45, 7) is 5.51. The van der Waals surface area contributed by atoms with Crippen molar-refractivity contribution in [2.24, 2.45) is 0 Å². The van der Waals surface area contributed by atoms with E-state index in [1.165, 1.54) is 19.5 Å². The van der Waals surface area contributed by atoms with Crippen LogP contribution in [-0.4, -0.2) is 36.2 Å². The van der Waals surface area contributed by atoms with Gasteiger partial charge < -0.3 is 9.63 Å². The maximum atomic E-state index is 11.5. The number of ketones is 1. The molecule has 8 heteroatoms. The van der Waals surface area contributed by atoms with Gasteiger partial charge in [-0.3, -0.25) is 9.36 Å². The number of para-hydroxylation sites is 1. The minimum atomic E-state index is -3.31. The van der Waals surface area contributed by atoms with E-state index in [4.69, 9.17) is 9.63 Å². The molecule has 1 aromatic carbocycles. The van der Waals surface area contributed by atoms with E-state index in [9.17, 15) is 13.9 Å². The van der Waals surface area contributed by atoms with Gasteiger partial charge in [0.1, 0.15) is 12.4 Å². The van der Waals surface area contributed by atoms with Crippen molar-refractivity contribution in [1.82, 2.24) is 0 Å². The van der Waals surface area contributed by atoms with Crippen LogP contribution in [0.5, 0.6) is 5.75 Å². The third-order valence-corrected chi connectivity index (χ3v) is 4.09. The summed E-state index contributed by atoms with van der Waals surface area (Å²) >= 11 is 0. The molecule has 1 rings (SSSR count). The number of rotatable bonds is 10. The van der Waals surface area contributed by atoms with Crippen molar-refractivity contribution in [2.45, 2.75) is 39.2 Å². The van der Waals surface area contributed by atoms with E-state index in [0.29, 0.717) is 12.4 Å². The molecular formula is C16H27O6P2+. The van der Waals surface area contributed by atoms with Crippen LogP contribution in [-0.2, 0) is 18.4 Å². The van der Waals surface area contributed by atoms with Gasteiger partial charge >= 0.3 is 8.69 Å². The smallest absolute Gasteiger partial charge is 0.483 e. The third-order valence-electron chi connectivity index (χ3n) is 2.87. The normalized spacial score (nSPS) is 14.2. The molecule has 0 saturated carbocycles. The fourth-order valence-electron chi connectivity index (χ4n) is 1.65. The van der Waals surface area contributed by atoms with Crippen molar-refractivity contribution in [3.05, 3.63) is 30.3 Å². The lowest BCUT2D eigenvalue weighted by Gasteiger charge is -2.14. The zero-order valence-corrected chi connectivity index (χ0v) is 16.3. The van der Waals surface area contributed by atoms with Crippen LogP contribution in [0.15, 0.2) is 30.3 Å². The Labute approximate surface area is 145 Å². The highest BCUT2D eigenvalue weighted by Crippen LogP contribution is 2.35. The zero-order valence-electron chi connectivity index (χ0n) is 14.4. The Morgan fingerprint density at radius 3 is 2.42 bits per heavy atom. The molecule has 0 aromatic heterocycles. The van der Waals surface area contributed by atoms with Crippen molar-refractivity contribution in [1.29, 1.82) is 0 Å². The quantitative estimate of drug-likeness (QED) is 0.489. The lowest BCUT2D eigenvalue weighted by Crippen LogP contribution is -2.26. The van der Waals surface area contributed by atoms with Crippen molar-refractivity contribution in [3.63, 3.8) is 0 Å². The van der Waals surface area contributed by atoms with Gasteiger partial charge in [-0.1, -0.05) is 38.0 Å². The standard InChI is InChI=1S/C11H15O4P.C5H12O2P/c1-9(11(12)8-16(2,13)14)15-10-6-4-3-5-7-10;1-2-3-4-5-7-8-6/h3-7,9H,8H2,1-2H3,(H,13,14);8H,2-5H2,1H3/q;+1. The van der Waals surface area contributed by atoms with Crippen LogP contribution in [0.2, 0.25) is 0 Å². The molecule has 24 heavy (non-hydrogen) atoms. The molecule has 1 N–H and O–H groups in total. The number of carbonyl (C=O) groups excluding carboxylic acids is 1. The van der Waals surface area contributed by atoms with Crippen LogP contribution in [0, 0.1) is 0 Å². The minimum absolute atomic E-state index is 0.346. The first kappa shape index (κ1) is 22.9. The Bertz CT molecular complexity index is 515. The second kappa shape index (κ2) is 13.3. The number of ether oxygens (including phenoxy) is 1. The maximum Gasteiger partial charge on any atom is 0.494 e. The molecule has 0 heterocycles. The van der Waals surface area contributed by atoms with Crippen LogP contribution in [0.25, 0.3) is 0 Å². The van der Waals surface area contributed by atoms with E-state index >= 15 is 0 Å². The van der Waals surface area contributed by atoms with Gasteiger partial charge in [0.15, 0.2) is 11.9 Å². The topological polar surface area (TPSA) is 89.9 Å². The Kier molecular flexibility index (Phi) is 12.7. The average molecular weight is 377 g/mol. The van der Waals surface area contributed by atoms with E-state index in [2.05, 4.69) is 11.4 Å². The van der Waals surface area contributed by atoms with Crippen LogP contribution in [0.4, 0.5) is 0 Å². The number of hydrogen-bond acceptors (Lipinski definition) is 5. The summed E-state index contributed by atoms with van der Waals surface area (Å²) in [5.41, 5.74) is 0. The fourth-order valence-corrected chi connectivity index (χ4v) is 2.72. The first-order valence-corrected chi connectivity index (χ1v) is 10.9. The van der Waals surface area contributed by atoms with Gasteiger partial charge in [0.2, 0.25) is 7.37 Å². The maximum absolute atomic E-state index is 11.5. The average Bonchev–Trinajstić information content (AvgIpc) is 2.52. The summed E-state index contributed by atoms with van der Waals surface area (Å²) in [6, 6.07) is 8.89. The molecule has 3 unspecified atom stereocenters. The number of unbranched alkanes of at least 4 members (excludes halogenated alkanes) is 2. The lowest BCUT2D eigenvalue weighted by atomic mass is 10.3. The molecule has 6 nitrogen and oxygen atoms in total. The summed E-state index contributed by atoms with van der Waals surface area (Å²) in [7, 11) is -3.89. The highest BCUT2D eigenvalue weighted by atomic mass is 31.2. The molecule has 136 valence electrons. The van der Waals surface area contributed by atoms with E-state index in [0.717, 1.165) is 6.42 Å². The van der Waals surface area contributed by atoms with Gasteiger partial charge in [-0.25, -0.2) is 0 Å². The van der Waals surface area contributed by atoms with E-state index in [1.54, 1.807) is 31.2 Å². The second-order valence-corrected chi connectivity index (χ2v) is 8.26. The molecule has 0 aliphatic rings. The number of hydrogen-bond donors (Lipinski definition) is 1. The Hall–Kier alpha value is -1.06. The SMILES string of the molecule is CC(Oc1ccccc1)C(=O)CP(C)(=O)O.CCCCCO[PH+]=O. The van der Waals surface area contributed by atoms with Crippen molar-refractivity contribution >= 4 is 21.8 Å². The van der Waals surface area contributed by atoms with Crippen LogP contribution in [0.3, 0.4) is 0 Å². The molecule has 0 aliphatic carbocycles. The van der Waals surface area contributed by atoms with Crippen molar-refractivity contribution in [3.8, 4) is 5.75 Å². The molecule has 0 fully saturated rings. The predicted molar refractivity (Wildman–Crippen MR) is 96.6 cm³/mol. The number of Topliss-reactive ketones (excluding diaryl/α,β-unsaturated/α-hetero) is 1. The molecule has 0 bridgehead atoms. The fraction of sp³-hybridized carbons (Fsp3) is 0.562. The van der Waals surface area contributed by atoms with Gasteiger partial charge in [0, 0.05) is 6.66 Å². The summed E-state index contributed by atoms with van der Waals surface area (Å²) in [5.74, 6) is 0.212. The van der Waals surface area contributed by atoms with Crippen LogP contribution < -0.4 is 4.74 Å². The summed E-state index contributed by atoms with van der Waals surface area (Å²) in [4.78, 5) is 20.6. The molecule has 1 aromatic rings. The second-order valence-electron chi connectivity index (χ2n) is 5.39. The first-order valence-electron chi connectivity index (χ1n) is 7.82. The first-order chi connectivity index (χ1) is 11.3. The monoisotopic (exact) mass is 377 g/mol. The van der Waals surface area contributed by atoms with Gasteiger partial charge in [-0.2, -0.15) is 0 Å². The molecule has 0 amide bonds. The summed E-state index contributed by atoms with van der Waals surface area (Å²) < 4.78 is 30.7. The van der Waals surface area contributed by atoms with E-state index in [-0.39, 0.29) is 11.9 Å². The number of carbonyl (C=O) groups is 1. The predicted octanol–water partition coefficient (Wildman–Crippen LogP) is 4.06. The lowest BCUT2D eigenvalue weighted by molar-refractivity contribution is -0.122. The molecule has 0 saturated heterocycles. The van der Waals surface area contributed by atoms with Gasteiger partial charge in [0.05, 0.1) is 6.16 Å². The van der Waals surface area contributed by atoms with Gasteiger partial charge in [0.25, 0.3) is 0 Å². The van der Waals surface area contributed by atoms with Gasteiger partial charge in [-0.05, 0) is 30.0 Å². The third kappa shape index (κ3) is 13.4. The van der Waals surface area contributed by atoms with E-state index in [1.807, 2.05) is 6.07 Å². The van der Waals surface area contributed by atoms with Gasteiger partial charge in [-0.15, -0.1) is 4.52 Å². The zero-order chi connectivity index (χ0) is 18.4. The van der Waals surface area contributed by atoms with Crippen LogP contribution in [0.1, 0.15) is 33.1 Å². The number of benzene rings is 1.